The number of carbonyl (C=O) groups excluding carboxylic acids is 1. The van der Waals surface area contributed by atoms with Crippen LogP contribution in [-0.4, -0.2) is 31.1 Å². The Morgan fingerprint density at radius 1 is 1.31 bits per heavy atom. The molecule has 1 rings (SSSR count). The highest BCUT2D eigenvalue weighted by atomic mass is 16.5. The summed E-state index contributed by atoms with van der Waals surface area (Å²) in [6.45, 7) is 3.79. The first-order chi connectivity index (χ1) is 7.70. The fourth-order valence-electron chi connectivity index (χ4n) is 0.655. The van der Waals surface area contributed by atoms with E-state index in [-0.39, 0.29) is 6.61 Å². The number of hydrogen-bond acceptors (Lipinski definition) is 3. The molecule has 0 atom stereocenters. The molecule has 0 aromatic heterocycles. The number of carboxylic acid groups (broad SMARTS) is 1. The molecule has 4 nitrogen and oxygen atoms in total. The van der Waals surface area contributed by atoms with Crippen molar-refractivity contribution in [2.75, 3.05) is 13.7 Å². The molecule has 16 heavy (non-hydrogen) atoms. The van der Waals surface area contributed by atoms with E-state index in [0.717, 1.165) is 11.8 Å². The van der Waals surface area contributed by atoms with Gasteiger partial charge in [0.05, 0.1) is 0 Å². The van der Waals surface area contributed by atoms with E-state index in [1.54, 1.807) is 12.1 Å². The van der Waals surface area contributed by atoms with Crippen LogP contribution >= 0.6 is 0 Å². The summed E-state index contributed by atoms with van der Waals surface area (Å²) in [5.41, 5.74) is 0.729. The van der Waals surface area contributed by atoms with Gasteiger partial charge in [0, 0.05) is 12.7 Å². The van der Waals surface area contributed by atoms with Crippen LogP contribution in [-0.2, 0) is 9.53 Å². The summed E-state index contributed by atoms with van der Waals surface area (Å²) in [5.74, 6) is -0.933. The first kappa shape index (κ1) is 16.7. The Kier molecular flexibility index (Phi) is 13.9. The molecule has 0 amide bonds. The van der Waals surface area contributed by atoms with Gasteiger partial charge >= 0.3 is 5.97 Å². The number of aliphatic carboxylic acids is 1. The molecule has 0 aliphatic rings. The maximum atomic E-state index is 10.0. The van der Waals surface area contributed by atoms with Crippen molar-refractivity contribution in [3.63, 3.8) is 0 Å². The Hall–Kier alpha value is -1.68. The van der Waals surface area contributed by atoms with Crippen LogP contribution < -0.4 is 0 Å². The molecule has 0 bridgehead atoms. The molecule has 0 unspecified atom stereocenters. The van der Waals surface area contributed by atoms with Gasteiger partial charge in [-0.1, -0.05) is 44.2 Å². The highest BCUT2D eigenvalue weighted by Crippen LogP contribution is 1.91. The minimum absolute atomic E-state index is 0.208. The van der Waals surface area contributed by atoms with Crippen LogP contribution in [0.1, 0.15) is 24.2 Å². The van der Waals surface area contributed by atoms with Crippen molar-refractivity contribution in [1.82, 2.24) is 0 Å². The van der Waals surface area contributed by atoms with Crippen molar-refractivity contribution >= 4 is 12.3 Å². The molecule has 0 saturated carbocycles. The topological polar surface area (TPSA) is 63.6 Å². The lowest BCUT2D eigenvalue weighted by atomic mass is 10.2. The van der Waals surface area contributed by atoms with Gasteiger partial charge in [-0.3, -0.25) is 4.79 Å². The Balaban J connectivity index is 0. The van der Waals surface area contributed by atoms with Crippen LogP contribution in [0, 0.1) is 0 Å². The van der Waals surface area contributed by atoms with E-state index >= 15 is 0 Å². The Bertz CT molecular complexity index is 270. The second-order valence-electron chi connectivity index (χ2n) is 2.36. The van der Waals surface area contributed by atoms with Crippen LogP contribution in [0.2, 0.25) is 0 Å². The summed E-state index contributed by atoms with van der Waals surface area (Å²) in [6.07, 6.45) is 0.833. The van der Waals surface area contributed by atoms with Gasteiger partial charge in [0.2, 0.25) is 0 Å². The normalized spacial score (nSPS) is 7.69. The summed E-state index contributed by atoms with van der Waals surface area (Å²) in [4.78, 5) is 19.5. The van der Waals surface area contributed by atoms with Crippen LogP contribution in [0.4, 0.5) is 0 Å². The van der Waals surface area contributed by atoms with E-state index < -0.39 is 5.97 Å². The van der Waals surface area contributed by atoms with Crippen LogP contribution in [0.5, 0.6) is 0 Å². The molecule has 0 aliphatic heterocycles. The minimum atomic E-state index is -0.933. The van der Waals surface area contributed by atoms with E-state index in [1.807, 2.05) is 32.0 Å². The first-order valence-electron chi connectivity index (χ1n) is 4.91. The zero-order chi connectivity index (χ0) is 12.8. The average Bonchev–Trinajstić information content (AvgIpc) is 2.33. The standard InChI is InChI=1S/C7H6O.C3H6O3.C2H6/c8-6-7-4-2-1-3-5-7;1-6-2-3(4)5;1-2/h1-6H;2H2,1H3,(H,4,5);1-2H3. The molecule has 0 saturated heterocycles. The summed E-state index contributed by atoms with van der Waals surface area (Å²) in [5, 5.41) is 7.79. The lowest BCUT2D eigenvalue weighted by Gasteiger charge is -1.83. The number of rotatable bonds is 3. The van der Waals surface area contributed by atoms with E-state index in [1.165, 1.54) is 7.11 Å². The highest BCUT2D eigenvalue weighted by molar-refractivity contribution is 5.74. The predicted molar refractivity (Wildman–Crippen MR) is 62.7 cm³/mol. The van der Waals surface area contributed by atoms with Gasteiger partial charge in [0.15, 0.2) is 0 Å². The van der Waals surface area contributed by atoms with Gasteiger partial charge in [0.25, 0.3) is 0 Å². The molecule has 1 aromatic rings. The smallest absolute Gasteiger partial charge is 0.329 e. The van der Waals surface area contributed by atoms with Gasteiger partial charge in [-0.05, 0) is 0 Å². The molecular weight excluding hydrogens is 208 g/mol. The summed E-state index contributed by atoms with van der Waals surface area (Å²) in [7, 11) is 1.34. The Labute approximate surface area is 95.9 Å². The first-order valence-corrected chi connectivity index (χ1v) is 4.91. The predicted octanol–water partition coefficient (Wildman–Crippen LogP) is 2.24. The maximum absolute atomic E-state index is 10.0. The summed E-state index contributed by atoms with van der Waals surface area (Å²) < 4.78 is 4.20. The zero-order valence-electron chi connectivity index (χ0n) is 9.84. The van der Waals surface area contributed by atoms with Crippen LogP contribution in [0.3, 0.4) is 0 Å². The zero-order valence-corrected chi connectivity index (χ0v) is 9.84. The maximum Gasteiger partial charge on any atom is 0.329 e. The van der Waals surface area contributed by atoms with Crippen LogP contribution in [0.15, 0.2) is 30.3 Å². The molecule has 0 radical (unpaired) electrons. The highest BCUT2D eigenvalue weighted by Gasteiger charge is 1.87. The summed E-state index contributed by atoms with van der Waals surface area (Å²) >= 11 is 0. The number of carboxylic acids is 1. The van der Waals surface area contributed by atoms with Gasteiger partial charge in [-0.2, -0.15) is 0 Å². The van der Waals surface area contributed by atoms with Crippen molar-refractivity contribution < 1.29 is 19.4 Å². The molecule has 1 N–H and O–H groups in total. The molecule has 0 aliphatic carbocycles. The minimum Gasteiger partial charge on any atom is -0.480 e. The molecule has 0 fully saturated rings. The number of benzene rings is 1. The second kappa shape index (κ2) is 13.3. The Morgan fingerprint density at radius 2 is 1.81 bits per heavy atom. The van der Waals surface area contributed by atoms with Crippen molar-refractivity contribution in [2.45, 2.75) is 13.8 Å². The van der Waals surface area contributed by atoms with E-state index in [0.29, 0.717) is 0 Å². The van der Waals surface area contributed by atoms with Crippen molar-refractivity contribution in [3.05, 3.63) is 35.9 Å². The molecule has 0 heterocycles. The SMILES string of the molecule is CC.COCC(=O)O.O=Cc1ccccc1. The molecule has 0 spiro atoms. The van der Waals surface area contributed by atoms with E-state index in [2.05, 4.69) is 4.74 Å². The lowest BCUT2D eigenvalue weighted by molar-refractivity contribution is -0.141. The number of aldehydes is 1. The number of carbonyl (C=O) groups is 2. The average molecular weight is 226 g/mol. The fraction of sp³-hybridized carbons (Fsp3) is 0.333. The van der Waals surface area contributed by atoms with Gasteiger partial charge in [-0.25, -0.2) is 4.79 Å². The van der Waals surface area contributed by atoms with E-state index in [4.69, 9.17) is 5.11 Å². The third-order valence-corrected chi connectivity index (χ3v) is 1.20. The molecule has 1 aromatic carbocycles. The Morgan fingerprint density at radius 3 is 2.00 bits per heavy atom. The van der Waals surface area contributed by atoms with Gasteiger partial charge in [-0.15, -0.1) is 0 Å². The van der Waals surface area contributed by atoms with Crippen LogP contribution in [0.25, 0.3) is 0 Å². The molecule has 4 heteroatoms. The van der Waals surface area contributed by atoms with E-state index in [9.17, 15) is 9.59 Å². The quantitative estimate of drug-likeness (QED) is 0.803. The molecule has 90 valence electrons. The number of methoxy groups -OCH3 is 1. The number of ether oxygens (including phenoxy) is 1. The fourth-order valence-corrected chi connectivity index (χ4v) is 0.655. The van der Waals surface area contributed by atoms with Crippen molar-refractivity contribution in [2.24, 2.45) is 0 Å². The third kappa shape index (κ3) is 12.3. The second-order valence-corrected chi connectivity index (χ2v) is 2.36. The van der Waals surface area contributed by atoms with Crippen molar-refractivity contribution in [1.29, 1.82) is 0 Å². The number of hydrogen-bond donors (Lipinski definition) is 1. The van der Waals surface area contributed by atoms with Gasteiger partial charge in [0.1, 0.15) is 12.9 Å². The lowest BCUT2D eigenvalue weighted by Crippen LogP contribution is -2.02. The van der Waals surface area contributed by atoms with Crippen molar-refractivity contribution in [3.8, 4) is 0 Å². The van der Waals surface area contributed by atoms with Gasteiger partial charge < -0.3 is 9.84 Å². The molecular formula is C12H18O4. The summed E-state index contributed by atoms with van der Waals surface area (Å²) in [6, 6.07) is 9.10. The third-order valence-electron chi connectivity index (χ3n) is 1.20. The monoisotopic (exact) mass is 226 g/mol. The largest absolute Gasteiger partial charge is 0.480 e.